The zero-order valence-corrected chi connectivity index (χ0v) is 19.5. The number of aryl methyl sites for hydroxylation is 1. The zero-order valence-electron chi connectivity index (χ0n) is 18.7. The van der Waals surface area contributed by atoms with E-state index in [-0.39, 0.29) is 10.8 Å². The van der Waals surface area contributed by atoms with Crippen LogP contribution in [-0.4, -0.2) is 32.3 Å². The van der Waals surface area contributed by atoms with Crippen LogP contribution < -0.4 is 20.7 Å². The SMILES string of the molecule is CCCCCCCC[S+]([O-])C(C)Cc1ccc2c(c1)OCO2.Cc1c[nH]c(=O)[nH]c1=O. The van der Waals surface area contributed by atoms with Gasteiger partial charge in [0.15, 0.2) is 11.5 Å². The number of ether oxygens (including phenoxy) is 2. The topological polar surface area (TPSA) is 107 Å². The second-order valence-corrected chi connectivity index (χ2v) is 9.78. The molecule has 0 spiro atoms. The minimum Gasteiger partial charge on any atom is -0.616 e. The molecule has 0 fully saturated rings. The van der Waals surface area contributed by atoms with Crippen LogP contribution in [-0.2, 0) is 17.6 Å². The molecule has 1 aromatic heterocycles. The Morgan fingerprint density at radius 2 is 1.81 bits per heavy atom. The Hall–Kier alpha value is -2.19. The number of aromatic amines is 2. The van der Waals surface area contributed by atoms with E-state index < -0.39 is 16.9 Å². The number of aromatic nitrogens is 2. The maximum atomic E-state index is 12.3. The number of rotatable bonds is 10. The molecule has 2 N–H and O–H groups in total. The van der Waals surface area contributed by atoms with Crippen molar-refractivity contribution < 1.29 is 14.0 Å². The number of H-pyrrole nitrogens is 2. The lowest BCUT2D eigenvalue weighted by Crippen LogP contribution is -2.23. The van der Waals surface area contributed by atoms with Crippen LogP contribution in [0.3, 0.4) is 0 Å². The third-order valence-electron chi connectivity index (χ3n) is 5.11. The Bertz CT molecular complexity index is 911. The van der Waals surface area contributed by atoms with Crippen LogP contribution in [0.2, 0.25) is 0 Å². The normalized spacial score (nSPS) is 13.9. The van der Waals surface area contributed by atoms with Crippen LogP contribution in [0, 0.1) is 6.92 Å². The van der Waals surface area contributed by atoms with E-state index in [4.69, 9.17) is 9.47 Å². The fourth-order valence-corrected chi connectivity index (χ4v) is 4.47. The van der Waals surface area contributed by atoms with Crippen molar-refractivity contribution in [3.05, 3.63) is 56.4 Å². The second kappa shape index (κ2) is 13.3. The van der Waals surface area contributed by atoms with Crippen LogP contribution in [0.15, 0.2) is 34.0 Å². The lowest BCUT2D eigenvalue weighted by atomic mass is 10.1. The van der Waals surface area contributed by atoms with E-state index in [1.165, 1.54) is 43.9 Å². The van der Waals surface area contributed by atoms with Crippen molar-refractivity contribution in [3.8, 4) is 11.5 Å². The first-order chi connectivity index (χ1) is 14.9. The first kappa shape index (κ1) is 25.1. The van der Waals surface area contributed by atoms with E-state index in [0.29, 0.717) is 12.4 Å². The lowest BCUT2D eigenvalue weighted by Gasteiger charge is -2.18. The second-order valence-electron chi connectivity index (χ2n) is 7.81. The van der Waals surface area contributed by atoms with E-state index in [9.17, 15) is 14.1 Å². The van der Waals surface area contributed by atoms with Gasteiger partial charge in [-0.25, -0.2) is 4.79 Å². The molecule has 0 saturated heterocycles. The minimum atomic E-state index is -0.743. The molecule has 1 aliphatic heterocycles. The van der Waals surface area contributed by atoms with Crippen LogP contribution in [0.4, 0.5) is 0 Å². The largest absolute Gasteiger partial charge is 0.616 e. The Morgan fingerprint density at radius 3 is 2.52 bits per heavy atom. The smallest absolute Gasteiger partial charge is 0.325 e. The Balaban J connectivity index is 0.000000316. The standard InChI is InChI=1S/C18H28O3S.C5H6N2O2/c1-3-4-5-6-7-8-11-22(19)15(2)12-16-9-10-17-18(13-16)21-14-20-17;1-3-2-6-5(9)7-4(3)8/h9-10,13,15H,3-8,11-12,14H2,1-2H3;2H,1H3,(H2,6,7,8,9). The van der Waals surface area contributed by atoms with Crippen LogP contribution in [0.5, 0.6) is 11.5 Å². The number of unbranched alkanes of at least 4 members (excludes halogenated alkanes) is 5. The summed E-state index contributed by atoms with van der Waals surface area (Å²) >= 11 is -0.743. The van der Waals surface area contributed by atoms with Gasteiger partial charge in [0.1, 0.15) is 11.0 Å². The van der Waals surface area contributed by atoms with Gasteiger partial charge in [-0.2, -0.15) is 0 Å². The number of nitrogens with one attached hydrogen (secondary N) is 2. The van der Waals surface area contributed by atoms with Gasteiger partial charge in [0.05, 0.1) is 0 Å². The fourth-order valence-electron chi connectivity index (χ4n) is 3.20. The van der Waals surface area contributed by atoms with Gasteiger partial charge in [-0.1, -0.05) is 49.8 Å². The minimum absolute atomic E-state index is 0.191. The molecule has 7 nitrogen and oxygen atoms in total. The summed E-state index contributed by atoms with van der Waals surface area (Å²) in [6.45, 7) is 6.23. The van der Waals surface area contributed by atoms with Crippen LogP contribution in [0.1, 0.15) is 63.5 Å². The van der Waals surface area contributed by atoms with Gasteiger partial charge in [0, 0.05) is 18.2 Å². The zero-order chi connectivity index (χ0) is 22.6. The van der Waals surface area contributed by atoms with Crippen molar-refractivity contribution >= 4 is 11.2 Å². The summed E-state index contributed by atoms with van der Waals surface area (Å²) in [5.41, 5.74) is 0.881. The van der Waals surface area contributed by atoms with Crippen molar-refractivity contribution in [1.82, 2.24) is 9.97 Å². The quantitative estimate of drug-likeness (QED) is 0.423. The van der Waals surface area contributed by atoms with Crippen molar-refractivity contribution in [1.29, 1.82) is 0 Å². The molecule has 2 unspecified atom stereocenters. The number of hydrogen-bond donors (Lipinski definition) is 2. The van der Waals surface area contributed by atoms with Gasteiger partial charge >= 0.3 is 5.69 Å². The van der Waals surface area contributed by atoms with E-state index >= 15 is 0 Å². The van der Waals surface area contributed by atoms with E-state index in [1.54, 1.807) is 6.92 Å². The Morgan fingerprint density at radius 1 is 1.10 bits per heavy atom. The van der Waals surface area contributed by atoms with Gasteiger partial charge in [-0.05, 0) is 44.4 Å². The molecule has 8 heteroatoms. The van der Waals surface area contributed by atoms with Crippen molar-refractivity contribution in [2.75, 3.05) is 12.5 Å². The summed E-state index contributed by atoms with van der Waals surface area (Å²) in [6.07, 6.45) is 9.70. The highest BCUT2D eigenvalue weighted by Crippen LogP contribution is 2.33. The molecule has 2 aromatic rings. The molecule has 1 aliphatic rings. The molecular formula is C23H34N2O5S. The number of benzene rings is 1. The summed E-state index contributed by atoms with van der Waals surface area (Å²) < 4.78 is 23.0. The molecular weight excluding hydrogens is 416 g/mol. The molecule has 0 amide bonds. The summed E-state index contributed by atoms with van der Waals surface area (Å²) in [7, 11) is 0. The molecule has 0 bridgehead atoms. The van der Waals surface area contributed by atoms with E-state index in [0.717, 1.165) is 30.1 Å². The summed E-state index contributed by atoms with van der Waals surface area (Å²) in [5.74, 6) is 2.45. The van der Waals surface area contributed by atoms with Crippen molar-refractivity contribution in [3.63, 3.8) is 0 Å². The number of fused-ring (bicyclic) bond motifs is 1. The van der Waals surface area contributed by atoms with E-state index in [2.05, 4.69) is 23.8 Å². The van der Waals surface area contributed by atoms with Gasteiger partial charge in [-0.15, -0.1) is 0 Å². The average Bonchev–Trinajstić information content (AvgIpc) is 3.21. The first-order valence-corrected chi connectivity index (χ1v) is 12.3. The molecule has 0 radical (unpaired) electrons. The van der Waals surface area contributed by atoms with Gasteiger partial charge in [0.2, 0.25) is 6.79 Å². The average molecular weight is 451 g/mol. The Labute approximate surface area is 186 Å². The molecule has 2 atom stereocenters. The Kier molecular flexibility index (Phi) is 10.7. The third-order valence-corrected chi connectivity index (χ3v) is 6.87. The van der Waals surface area contributed by atoms with Crippen LogP contribution in [0.25, 0.3) is 0 Å². The highest BCUT2D eigenvalue weighted by Gasteiger charge is 2.19. The summed E-state index contributed by atoms with van der Waals surface area (Å²) in [5, 5.41) is 0.191. The maximum Gasteiger partial charge on any atom is 0.325 e. The van der Waals surface area contributed by atoms with Crippen molar-refractivity contribution in [2.45, 2.75) is 71.0 Å². The highest BCUT2D eigenvalue weighted by molar-refractivity contribution is 7.91. The number of hydrogen-bond acceptors (Lipinski definition) is 5. The van der Waals surface area contributed by atoms with E-state index in [1.807, 2.05) is 18.2 Å². The van der Waals surface area contributed by atoms with Gasteiger partial charge in [-0.3, -0.25) is 9.78 Å². The summed E-state index contributed by atoms with van der Waals surface area (Å²) in [6, 6.07) is 6.01. The molecule has 1 aromatic carbocycles. The maximum absolute atomic E-state index is 12.3. The van der Waals surface area contributed by atoms with Crippen LogP contribution >= 0.6 is 0 Å². The molecule has 0 aliphatic carbocycles. The first-order valence-electron chi connectivity index (χ1n) is 10.9. The lowest BCUT2D eigenvalue weighted by molar-refractivity contribution is 0.174. The predicted molar refractivity (Wildman–Crippen MR) is 125 cm³/mol. The van der Waals surface area contributed by atoms with Crippen molar-refractivity contribution in [2.24, 2.45) is 0 Å². The molecule has 2 heterocycles. The predicted octanol–water partition coefficient (Wildman–Crippen LogP) is 3.83. The van der Waals surface area contributed by atoms with Gasteiger partial charge < -0.3 is 19.0 Å². The van der Waals surface area contributed by atoms with Gasteiger partial charge in [0.25, 0.3) is 5.56 Å². The molecule has 0 saturated carbocycles. The summed E-state index contributed by atoms with van der Waals surface area (Å²) in [4.78, 5) is 25.3. The molecule has 172 valence electrons. The molecule has 31 heavy (non-hydrogen) atoms. The monoisotopic (exact) mass is 450 g/mol. The fraction of sp³-hybridized carbons (Fsp3) is 0.565. The third kappa shape index (κ3) is 8.83. The highest BCUT2D eigenvalue weighted by atomic mass is 32.2. The molecule has 3 rings (SSSR count).